The lowest BCUT2D eigenvalue weighted by atomic mass is 9.69. The number of aromatic nitrogens is 1. The van der Waals surface area contributed by atoms with Gasteiger partial charge in [0, 0.05) is 11.6 Å². The minimum absolute atomic E-state index is 0.0195. The van der Waals surface area contributed by atoms with Gasteiger partial charge in [-0.25, -0.2) is 4.98 Å². The molecule has 1 heterocycles. The summed E-state index contributed by atoms with van der Waals surface area (Å²) in [6.45, 7) is 1.68. The number of carboxylic acid groups (broad SMARTS) is 1. The zero-order valence-corrected chi connectivity index (χ0v) is 11.2. The number of nitrogens with one attached hydrogen (secondary N) is 1. The summed E-state index contributed by atoms with van der Waals surface area (Å²) in [6.07, 6.45) is 6.27. The molecule has 1 aromatic heterocycles. The topological polar surface area (TPSA) is 79.3 Å². The highest BCUT2D eigenvalue weighted by Gasteiger charge is 2.60. The Labute approximate surface area is 114 Å². The van der Waals surface area contributed by atoms with Crippen LogP contribution in [0.2, 0.25) is 0 Å². The molecule has 1 fully saturated rings. The lowest BCUT2D eigenvalue weighted by molar-refractivity contribution is -0.155. The maximum absolute atomic E-state index is 12.4. The van der Waals surface area contributed by atoms with Crippen LogP contribution in [0.5, 0.6) is 0 Å². The minimum Gasteiger partial charge on any atom is -0.481 e. The van der Waals surface area contributed by atoms with Crippen LogP contribution in [0.1, 0.15) is 13.3 Å². The Bertz CT molecular complexity index is 554. The highest BCUT2D eigenvalue weighted by molar-refractivity contribution is 7.13. The largest absolute Gasteiger partial charge is 0.481 e. The predicted molar refractivity (Wildman–Crippen MR) is 70.7 cm³/mol. The van der Waals surface area contributed by atoms with Gasteiger partial charge < -0.3 is 10.4 Å². The normalized spacial score (nSPS) is 35.5. The fourth-order valence-electron chi connectivity index (χ4n) is 3.32. The Balaban J connectivity index is 1.88. The van der Waals surface area contributed by atoms with Crippen LogP contribution in [0.15, 0.2) is 23.7 Å². The Hall–Kier alpha value is -1.69. The number of thiazole rings is 1. The third-order valence-corrected chi connectivity index (χ3v) is 5.06. The predicted octanol–water partition coefficient (Wildman–Crippen LogP) is 1.99. The van der Waals surface area contributed by atoms with Crippen LogP contribution in [0, 0.1) is 23.2 Å². The third kappa shape index (κ3) is 1.70. The number of allylic oxidation sites excluding steroid dienone is 2. The molecular weight excluding hydrogens is 264 g/mol. The number of carboxylic acids is 1. The first-order valence-corrected chi connectivity index (χ1v) is 7.03. The Kier molecular flexibility index (Phi) is 2.70. The number of aliphatic carboxylic acids is 1. The second-order valence-corrected chi connectivity index (χ2v) is 6.18. The average Bonchev–Trinajstić information content (AvgIpc) is 3.03. The number of fused-ring (bicyclic) bond motifs is 2. The lowest BCUT2D eigenvalue weighted by Crippen LogP contribution is -2.45. The maximum atomic E-state index is 12.4. The number of amides is 1. The Morgan fingerprint density at radius 1 is 1.53 bits per heavy atom. The molecule has 1 amide bonds. The molecule has 0 radical (unpaired) electrons. The van der Waals surface area contributed by atoms with Gasteiger partial charge in [-0.15, -0.1) is 11.3 Å². The van der Waals surface area contributed by atoms with Gasteiger partial charge in [-0.05, 0) is 25.2 Å². The standard InChI is InChI=1S/C13H14N2O3S/c1-13(11(17)18)8-3-2-7(6-8)9(13)10(16)15-12-14-4-5-19-12/h2-5,7-9H,6H2,1H3,(H,17,18)(H,14,15,16)/t7-,8-,9-,13-/m0/s1. The van der Waals surface area contributed by atoms with Crippen LogP contribution in [0.4, 0.5) is 5.13 Å². The molecule has 0 aliphatic heterocycles. The summed E-state index contributed by atoms with van der Waals surface area (Å²) in [5, 5.41) is 14.5. The molecular formula is C13H14N2O3S. The van der Waals surface area contributed by atoms with Crippen LogP contribution in [-0.2, 0) is 9.59 Å². The SMILES string of the molecule is C[C@@]1(C(=O)O)[C@H](C(=O)Nc2nccs2)[C@H]2C=C[C@H]1C2. The van der Waals surface area contributed by atoms with E-state index in [1.807, 2.05) is 12.2 Å². The van der Waals surface area contributed by atoms with E-state index < -0.39 is 17.3 Å². The molecule has 6 heteroatoms. The van der Waals surface area contributed by atoms with E-state index >= 15 is 0 Å². The first-order chi connectivity index (χ1) is 9.03. The Morgan fingerprint density at radius 2 is 2.32 bits per heavy atom. The van der Waals surface area contributed by atoms with Gasteiger partial charge in [0.1, 0.15) is 0 Å². The summed E-state index contributed by atoms with van der Waals surface area (Å²) in [7, 11) is 0. The van der Waals surface area contributed by atoms with Crippen molar-refractivity contribution in [2.45, 2.75) is 13.3 Å². The number of hydrogen-bond donors (Lipinski definition) is 2. The van der Waals surface area contributed by atoms with E-state index in [-0.39, 0.29) is 17.7 Å². The molecule has 5 nitrogen and oxygen atoms in total. The van der Waals surface area contributed by atoms with E-state index in [1.54, 1.807) is 18.5 Å². The van der Waals surface area contributed by atoms with Crippen molar-refractivity contribution >= 4 is 28.3 Å². The van der Waals surface area contributed by atoms with E-state index in [4.69, 9.17) is 0 Å². The smallest absolute Gasteiger partial charge is 0.310 e. The van der Waals surface area contributed by atoms with E-state index in [2.05, 4.69) is 10.3 Å². The molecule has 2 aliphatic rings. The zero-order valence-electron chi connectivity index (χ0n) is 10.4. The van der Waals surface area contributed by atoms with Crippen LogP contribution < -0.4 is 5.32 Å². The van der Waals surface area contributed by atoms with E-state index in [1.165, 1.54) is 11.3 Å². The summed E-state index contributed by atoms with van der Waals surface area (Å²) in [5.74, 6) is -1.70. The maximum Gasteiger partial charge on any atom is 0.310 e. The average molecular weight is 278 g/mol. The van der Waals surface area contributed by atoms with Crippen LogP contribution in [0.25, 0.3) is 0 Å². The molecule has 2 bridgehead atoms. The molecule has 0 spiro atoms. The number of hydrogen-bond acceptors (Lipinski definition) is 4. The van der Waals surface area contributed by atoms with Crippen LogP contribution in [-0.4, -0.2) is 22.0 Å². The number of rotatable bonds is 3. The quantitative estimate of drug-likeness (QED) is 0.829. The van der Waals surface area contributed by atoms with Crippen molar-refractivity contribution in [2.75, 3.05) is 5.32 Å². The molecule has 3 rings (SSSR count). The van der Waals surface area contributed by atoms with Crippen molar-refractivity contribution in [3.8, 4) is 0 Å². The molecule has 1 aromatic rings. The molecule has 19 heavy (non-hydrogen) atoms. The van der Waals surface area contributed by atoms with Crippen molar-refractivity contribution in [3.05, 3.63) is 23.7 Å². The molecule has 0 unspecified atom stereocenters. The van der Waals surface area contributed by atoms with Gasteiger partial charge in [0.25, 0.3) is 0 Å². The highest BCUT2D eigenvalue weighted by atomic mass is 32.1. The van der Waals surface area contributed by atoms with Crippen LogP contribution in [0.3, 0.4) is 0 Å². The van der Waals surface area contributed by atoms with Gasteiger partial charge in [0.05, 0.1) is 11.3 Å². The summed E-state index contributed by atoms with van der Waals surface area (Å²) in [5.41, 5.74) is -1.01. The molecule has 0 aromatic carbocycles. The second-order valence-electron chi connectivity index (χ2n) is 5.28. The number of carbonyl (C=O) groups is 2. The van der Waals surface area contributed by atoms with Gasteiger partial charge in [-0.2, -0.15) is 0 Å². The van der Waals surface area contributed by atoms with Crippen molar-refractivity contribution in [2.24, 2.45) is 23.2 Å². The number of carbonyl (C=O) groups excluding carboxylic acids is 1. The first kappa shape index (κ1) is 12.3. The summed E-state index contributed by atoms with van der Waals surface area (Å²) in [4.78, 5) is 28.0. The number of nitrogens with zero attached hydrogens (tertiary/aromatic N) is 1. The molecule has 2 N–H and O–H groups in total. The first-order valence-electron chi connectivity index (χ1n) is 6.15. The lowest BCUT2D eigenvalue weighted by Gasteiger charge is -2.33. The molecule has 4 atom stereocenters. The van der Waals surface area contributed by atoms with E-state index in [9.17, 15) is 14.7 Å². The summed E-state index contributed by atoms with van der Waals surface area (Å²) in [6, 6.07) is 0. The molecule has 0 saturated heterocycles. The number of anilines is 1. The van der Waals surface area contributed by atoms with Crippen molar-refractivity contribution in [3.63, 3.8) is 0 Å². The molecule has 100 valence electrons. The Morgan fingerprint density at radius 3 is 2.95 bits per heavy atom. The van der Waals surface area contributed by atoms with Crippen molar-refractivity contribution < 1.29 is 14.7 Å². The molecule has 1 saturated carbocycles. The fourth-order valence-corrected chi connectivity index (χ4v) is 3.85. The zero-order chi connectivity index (χ0) is 13.6. The van der Waals surface area contributed by atoms with Crippen molar-refractivity contribution in [1.29, 1.82) is 0 Å². The van der Waals surface area contributed by atoms with Gasteiger partial charge in [0.15, 0.2) is 5.13 Å². The monoisotopic (exact) mass is 278 g/mol. The van der Waals surface area contributed by atoms with Gasteiger partial charge in [0.2, 0.25) is 5.91 Å². The summed E-state index contributed by atoms with van der Waals surface area (Å²) >= 11 is 1.33. The third-order valence-electron chi connectivity index (χ3n) is 4.37. The van der Waals surface area contributed by atoms with Gasteiger partial charge >= 0.3 is 5.97 Å². The summed E-state index contributed by atoms with van der Waals surface area (Å²) < 4.78 is 0. The fraction of sp³-hybridized carbons (Fsp3) is 0.462. The minimum atomic E-state index is -1.01. The second kappa shape index (κ2) is 4.16. The van der Waals surface area contributed by atoms with Crippen LogP contribution >= 0.6 is 11.3 Å². The molecule has 2 aliphatic carbocycles. The van der Waals surface area contributed by atoms with E-state index in [0.29, 0.717) is 5.13 Å². The van der Waals surface area contributed by atoms with E-state index in [0.717, 1.165) is 6.42 Å². The van der Waals surface area contributed by atoms with Crippen molar-refractivity contribution in [1.82, 2.24) is 4.98 Å². The van der Waals surface area contributed by atoms with Gasteiger partial charge in [-0.1, -0.05) is 12.2 Å². The van der Waals surface area contributed by atoms with Gasteiger partial charge in [-0.3, -0.25) is 9.59 Å². The highest BCUT2D eigenvalue weighted by Crippen LogP contribution is 2.56.